The second-order valence-corrected chi connectivity index (χ2v) is 8.27. The summed E-state index contributed by atoms with van der Waals surface area (Å²) in [7, 11) is 0. The van der Waals surface area contributed by atoms with Crippen molar-refractivity contribution >= 4 is 23.5 Å². The number of piperidine rings is 1. The van der Waals surface area contributed by atoms with Gasteiger partial charge in [0.25, 0.3) is 0 Å². The van der Waals surface area contributed by atoms with Gasteiger partial charge < -0.3 is 14.9 Å². The smallest absolute Gasteiger partial charge is 0.308 e. The van der Waals surface area contributed by atoms with Crippen molar-refractivity contribution in [2.45, 2.75) is 40.5 Å². The van der Waals surface area contributed by atoms with Crippen molar-refractivity contribution in [2.24, 2.45) is 17.8 Å². The van der Waals surface area contributed by atoms with Crippen LogP contribution in [0.3, 0.4) is 0 Å². The Morgan fingerprint density at radius 1 is 1.04 bits per heavy atom. The van der Waals surface area contributed by atoms with Gasteiger partial charge in [-0.05, 0) is 44.2 Å². The zero-order valence-corrected chi connectivity index (χ0v) is 16.5. The first kappa shape index (κ1) is 19.4. The van der Waals surface area contributed by atoms with Crippen molar-refractivity contribution in [3.8, 4) is 0 Å². The molecule has 6 nitrogen and oxygen atoms in total. The quantitative estimate of drug-likeness (QED) is 0.884. The highest BCUT2D eigenvalue weighted by molar-refractivity contribution is 6.01. The van der Waals surface area contributed by atoms with Crippen molar-refractivity contribution < 1.29 is 19.5 Å². The molecule has 2 amide bonds. The van der Waals surface area contributed by atoms with Crippen LogP contribution in [0.2, 0.25) is 0 Å². The maximum Gasteiger partial charge on any atom is 0.308 e. The van der Waals surface area contributed by atoms with Crippen LogP contribution >= 0.6 is 0 Å². The highest BCUT2D eigenvalue weighted by atomic mass is 16.4. The first-order valence-electron chi connectivity index (χ1n) is 9.57. The number of rotatable bonds is 3. The molecule has 0 saturated carbocycles. The van der Waals surface area contributed by atoms with E-state index in [1.807, 2.05) is 27.7 Å². The van der Waals surface area contributed by atoms with E-state index in [2.05, 4.69) is 12.1 Å². The van der Waals surface area contributed by atoms with E-state index in [-0.39, 0.29) is 30.7 Å². The minimum atomic E-state index is -0.852. The molecule has 2 fully saturated rings. The maximum absolute atomic E-state index is 13.0. The van der Waals surface area contributed by atoms with Crippen LogP contribution in [0.25, 0.3) is 0 Å². The van der Waals surface area contributed by atoms with Gasteiger partial charge in [-0.25, -0.2) is 0 Å². The lowest BCUT2D eigenvalue weighted by Crippen LogP contribution is -2.48. The van der Waals surface area contributed by atoms with E-state index in [9.17, 15) is 19.5 Å². The number of nitrogens with zero attached hydrogens (tertiary/aromatic N) is 2. The Hall–Kier alpha value is -2.37. The number of hydrogen-bond acceptors (Lipinski definition) is 3. The Labute approximate surface area is 160 Å². The summed E-state index contributed by atoms with van der Waals surface area (Å²) in [6.07, 6.45) is 0.783. The Morgan fingerprint density at radius 3 is 2.26 bits per heavy atom. The van der Waals surface area contributed by atoms with Gasteiger partial charge in [0.1, 0.15) is 0 Å². The number of carboxylic acid groups (broad SMARTS) is 1. The maximum atomic E-state index is 13.0. The van der Waals surface area contributed by atoms with Gasteiger partial charge in [0.15, 0.2) is 0 Å². The summed E-state index contributed by atoms with van der Waals surface area (Å²) in [6.45, 7) is 9.15. The van der Waals surface area contributed by atoms with Crippen molar-refractivity contribution in [3.63, 3.8) is 0 Å². The largest absolute Gasteiger partial charge is 0.481 e. The first-order valence-corrected chi connectivity index (χ1v) is 9.57. The molecule has 0 aliphatic carbocycles. The van der Waals surface area contributed by atoms with Gasteiger partial charge in [-0.2, -0.15) is 0 Å². The van der Waals surface area contributed by atoms with E-state index in [4.69, 9.17) is 0 Å². The van der Waals surface area contributed by atoms with E-state index in [0.29, 0.717) is 19.5 Å². The van der Waals surface area contributed by atoms with Gasteiger partial charge in [0.2, 0.25) is 11.8 Å². The third kappa shape index (κ3) is 3.84. The molecule has 1 aromatic rings. The van der Waals surface area contributed by atoms with Crippen LogP contribution in [0, 0.1) is 38.5 Å². The zero-order chi connectivity index (χ0) is 19.9. The molecule has 0 spiro atoms. The summed E-state index contributed by atoms with van der Waals surface area (Å²) >= 11 is 0. The van der Waals surface area contributed by atoms with Crippen LogP contribution < -0.4 is 4.90 Å². The number of anilines is 1. The molecule has 0 radical (unpaired) electrons. The fourth-order valence-electron chi connectivity index (χ4n) is 4.66. The van der Waals surface area contributed by atoms with E-state index >= 15 is 0 Å². The van der Waals surface area contributed by atoms with E-state index in [0.717, 1.165) is 22.4 Å². The predicted octanol–water partition coefficient (Wildman–Crippen LogP) is 2.53. The normalized spacial score (nSPS) is 25.8. The molecular weight excluding hydrogens is 344 g/mol. The fourth-order valence-corrected chi connectivity index (χ4v) is 4.66. The number of aliphatic carboxylic acids is 1. The molecule has 2 heterocycles. The lowest BCUT2D eigenvalue weighted by Gasteiger charge is -2.36. The molecule has 3 rings (SSSR count). The number of benzene rings is 1. The van der Waals surface area contributed by atoms with Crippen molar-refractivity contribution in [1.82, 2.24) is 4.90 Å². The molecule has 0 bridgehead atoms. The Balaban J connectivity index is 1.77. The van der Waals surface area contributed by atoms with Gasteiger partial charge in [-0.1, -0.05) is 24.6 Å². The summed E-state index contributed by atoms with van der Waals surface area (Å²) in [5.74, 6) is -1.76. The summed E-state index contributed by atoms with van der Waals surface area (Å²) in [4.78, 5) is 40.4. The van der Waals surface area contributed by atoms with Crippen LogP contribution in [-0.2, 0) is 14.4 Å². The fraction of sp³-hybridized carbons (Fsp3) is 0.571. The standard InChI is InChI=1S/C21H28N2O4/c1-12-5-14(3)19(15(4)6-12)23-11-16(8-18(23)24)20(25)22-9-13(2)7-17(10-22)21(26)27/h5-6,13,16-17H,7-11H2,1-4H3,(H,26,27). The second kappa shape index (κ2) is 7.33. The SMILES string of the molecule is Cc1cc(C)c(N2CC(C(=O)N3CC(C)CC(C(=O)O)C3)CC2=O)c(C)c1. The Kier molecular flexibility index (Phi) is 5.27. The molecule has 1 aromatic carbocycles. The molecule has 2 aliphatic rings. The topological polar surface area (TPSA) is 77.9 Å². The van der Waals surface area contributed by atoms with Crippen LogP contribution in [0.5, 0.6) is 0 Å². The van der Waals surface area contributed by atoms with E-state index < -0.39 is 17.8 Å². The Bertz CT molecular complexity index is 765. The van der Waals surface area contributed by atoms with Crippen molar-refractivity contribution in [3.05, 3.63) is 28.8 Å². The summed E-state index contributed by atoms with van der Waals surface area (Å²) < 4.78 is 0. The van der Waals surface area contributed by atoms with Crippen LogP contribution in [0.1, 0.15) is 36.5 Å². The molecular formula is C21H28N2O4. The molecule has 2 saturated heterocycles. The van der Waals surface area contributed by atoms with E-state index in [1.165, 1.54) is 0 Å². The van der Waals surface area contributed by atoms with Crippen LogP contribution in [-0.4, -0.2) is 47.4 Å². The van der Waals surface area contributed by atoms with Gasteiger partial charge in [0, 0.05) is 31.7 Å². The number of aryl methyl sites for hydroxylation is 3. The number of carbonyl (C=O) groups excluding carboxylic acids is 2. The molecule has 2 aliphatic heterocycles. The van der Waals surface area contributed by atoms with Gasteiger partial charge in [0.05, 0.1) is 11.8 Å². The highest BCUT2D eigenvalue weighted by Gasteiger charge is 2.40. The molecule has 27 heavy (non-hydrogen) atoms. The lowest BCUT2D eigenvalue weighted by atomic mass is 9.89. The number of carbonyl (C=O) groups is 3. The Morgan fingerprint density at radius 2 is 1.67 bits per heavy atom. The molecule has 3 unspecified atom stereocenters. The minimum Gasteiger partial charge on any atom is -0.481 e. The number of hydrogen-bond donors (Lipinski definition) is 1. The van der Waals surface area contributed by atoms with E-state index in [1.54, 1.807) is 9.80 Å². The third-order valence-corrected chi connectivity index (χ3v) is 5.70. The number of amides is 2. The van der Waals surface area contributed by atoms with Crippen molar-refractivity contribution in [2.75, 3.05) is 24.5 Å². The summed E-state index contributed by atoms with van der Waals surface area (Å²) in [6, 6.07) is 4.10. The summed E-state index contributed by atoms with van der Waals surface area (Å²) in [5.41, 5.74) is 4.12. The number of carboxylic acids is 1. The molecule has 146 valence electrons. The van der Waals surface area contributed by atoms with Crippen molar-refractivity contribution in [1.29, 1.82) is 0 Å². The second-order valence-electron chi connectivity index (χ2n) is 8.27. The van der Waals surface area contributed by atoms with Crippen LogP contribution in [0.4, 0.5) is 5.69 Å². The average Bonchev–Trinajstić information content (AvgIpc) is 2.94. The minimum absolute atomic E-state index is 0.0387. The zero-order valence-electron chi connectivity index (χ0n) is 16.5. The first-order chi connectivity index (χ1) is 12.7. The number of likely N-dealkylation sites (tertiary alicyclic amines) is 1. The predicted molar refractivity (Wildman–Crippen MR) is 103 cm³/mol. The molecule has 1 N–H and O–H groups in total. The summed E-state index contributed by atoms with van der Waals surface area (Å²) in [5, 5.41) is 9.34. The molecule has 6 heteroatoms. The average molecular weight is 372 g/mol. The van der Waals surface area contributed by atoms with Gasteiger partial charge in [-0.3, -0.25) is 14.4 Å². The monoisotopic (exact) mass is 372 g/mol. The van der Waals surface area contributed by atoms with Gasteiger partial charge in [-0.15, -0.1) is 0 Å². The highest BCUT2D eigenvalue weighted by Crippen LogP contribution is 2.33. The third-order valence-electron chi connectivity index (χ3n) is 5.70. The molecule has 0 aromatic heterocycles. The molecule has 3 atom stereocenters. The lowest BCUT2D eigenvalue weighted by molar-refractivity contribution is -0.148. The van der Waals surface area contributed by atoms with Crippen LogP contribution in [0.15, 0.2) is 12.1 Å². The van der Waals surface area contributed by atoms with Gasteiger partial charge >= 0.3 is 5.97 Å².